The first-order valence-electron chi connectivity index (χ1n) is 12.5. The monoisotopic (exact) mass is 522 g/mol. The Morgan fingerprint density at radius 2 is 1.68 bits per heavy atom. The molecule has 9 heteroatoms. The van der Waals surface area contributed by atoms with Gasteiger partial charge in [-0.1, -0.05) is 37.6 Å². The van der Waals surface area contributed by atoms with Crippen LogP contribution < -0.4 is 15.4 Å². The van der Waals surface area contributed by atoms with Crippen LogP contribution in [-0.2, 0) is 14.3 Å². The number of carbonyl (C=O) groups excluding carboxylic acids is 3. The van der Waals surface area contributed by atoms with Gasteiger partial charge in [-0.25, -0.2) is 4.79 Å². The van der Waals surface area contributed by atoms with Gasteiger partial charge in [0.2, 0.25) is 5.91 Å². The second-order valence-corrected chi connectivity index (χ2v) is 10.5. The molecular weight excluding hydrogens is 484 g/mol. The zero-order valence-corrected chi connectivity index (χ0v) is 23.4. The SMILES string of the molecule is COc1ccc(NC(=O)C(c2cc(C)ccc2C)N(CC#N)C(=O)C(NC(=O)OC(C)(C)C)C(C)C)cc1. The summed E-state index contributed by atoms with van der Waals surface area (Å²) in [5.41, 5.74) is 1.99. The van der Waals surface area contributed by atoms with Crippen LogP contribution in [-0.4, -0.2) is 48.1 Å². The summed E-state index contributed by atoms with van der Waals surface area (Å²) in [6.07, 6.45) is -0.757. The minimum absolute atomic E-state index is 0.347. The van der Waals surface area contributed by atoms with Crippen molar-refractivity contribution in [1.29, 1.82) is 5.26 Å². The number of nitrogens with zero attached hydrogens (tertiary/aromatic N) is 2. The highest BCUT2D eigenvalue weighted by atomic mass is 16.6. The Bertz CT molecular complexity index is 1180. The molecule has 0 aliphatic heterocycles. The molecule has 0 radical (unpaired) electrons. The van der Waals surface area contributed by atoms with E-state index >= 15 is 0 Å². The standard InChI is InChI=1S/C29H38N4O5/c1-18(2)24(32-28(36)38-29(5,6)7)27(35)33(16-15-30)25(23-17-19(3)9-10-20(23)4)26(34)31-21-11-13-22(37-8)14-12-21/h9-14,17-18,24-25H,16H2,1-8H3,(H,31,34)(H,32,36). The molecule has 0 aliphatic rings. The maximum Gasteiger partial charge on any atom is 0.408 e. The van der Waals surface area contributed by atoms with Crippen LogP contribution in [0.15, 0.2) is 42.5 Å². The predicted octanol–water partition coefficient (Wildman–Crippen LogP) is 4.89. The summed E-state index contributed by atoms with van der Waals surface area (Å²) in [5, 5.41) is 15.2. The lowest BCUT2D eigenvalue weighted by molar-refractivity contribution is -0.141. The number of ether oxygens (including phenoxy) is 2. The molecule has 9 nitrogen and oxygen atoms in total. The van der Waals surface area contributed by atoms with E-state index in [0.29, 0.717) is 17.0 Å². The van der Waals surface area contributed by atoms with Gasteiger partial charge in [0, 0.05) is 5.69 Å². The summed E-state index contributed by atoms with van der Waals surface area (Å²) >= 11 is 0. The fourth-order valence-corrected chi connectivity index (χ4v) is 3.89. The second-order valence-electron chi connectivity index (χ2n) is 10.5. The maximum atomic E-state index is 13.9. The van der Waals surface area contributed by atoms with E-state index in [0.717, 1.165) is 11.1 Å². The first-order valence-corrected chi connectivity index (χ1v) is 12.5. The van der Waals surface area contributed by atoms with Crippen molar-refractivity contribution in [3.63, 3.8) is 0 Å². The van der Waals surface area contributed by atoms with E-state index < -0.39 is 35.6 Å². The van der Waals surface area contributed by atoms with E-state index in [9.17, 15) is 19.6 Å². The van der Waals surface area contributed by atoms with Crippen molar-refractivity contribution in [2.24, 2.45) is 5.92 Å². The van der Waals surface area contributed by atoms with Crippen LogP contribution in [0.2, 0.25) is 0 Å². The molecule has 0 fully saturated rings. The number of alkyl carbamates (subject to hydrolysis) is 1. The molecule has 3 amide bonds. The van der Waals surface area contributed by atoms with Crippen LogP contribution in [0.4, 0.5) is 10.5 Å². The number of rotatable bonds is 9. The van der Waals surface area contributed by atoms with Crippen molar-refractivity contribution >= 4 is 23.6 Å². The predicted molar refractivity (Wildman–Crippen MR) is 146 cm³/mol. The molecule has 2 aromatic carbocycles. The molecule has 0 saturated carbocycles. The molecule has 0 heterocycles. The first kappa shape index (κ1) is 30.2. The Balaban J connectivity index is 2.54. The van der Waals surface area contributed by atoms with Crippen LogP contribution in [0.1, 0.15) is 57.4 Å². The third kappa shape index (κ3) is 8.23. The highest BCUT2D eigenvalue weighted by Crippen LogP contribution is 2.29. The van der Waals surface area contributed by atoms with Crippen LogP contribution in [0.5, 0.6) is 5.75 Å². The number of carbonyl (C=O) groups is 3. The third-order valence-electron chi connectivity index (χ3n) is 5.78. The highest BCUT2D eigenvalue weighted by molar-refractivity contribution is 5.99. The van der Waals surface area contributed by atoms with Crippen molar-refractivity contribution < 1.29 is 23.9 Å². The fourth-order valence-electron chi connectivity index (χ4n) is 3.89. The molecule has 2 aromatic rings. The van der Waals surface area contributed by atoms with E-state index in [2.05, 4.69) is 10.6 Å². The minimum Gasteiger partial charge on any atom is -0.497 e. The van der Waals surface area contributed by atoms with Crippen molar-refractivity contribution in [2.75, 3.05) is 19.0 Å². The van der Waals surface area contributed by atoms with Crippen LogP contribution in [0, 0.1) is 31.1 Å². The number of methoxy groups -OCH3 is 1. The number of aryl methyl sites for hydroxylation is 2. The fraction of sp³-hybridized carbons (Fsp3) is 0.448. The van der Waals surface area contributed by atoms with Gasteiger partial charge in [0.25, 0.3) is 5.91 Å². The molecular formula is C29H38N4O5. The molecule has 0 saturated heterocycles. The largest absolute Gasteiger partial charge is 0.497 e. The molecule has 38 heavy (non-hydrogen) atoms. The van der Waals surface area contributed by atoms with Gasteiger partial charge in [-0.2, -0.15) is 5.26 Å². The van der Waals surface area contributed by atoms with Crippen molar-refractivity contribution in [1.82, 2.24) is 10.2 Å². The summed E-state index contributed by atoms with van der Waals surface area (Å²) < 4.78 is 10.5. The van der Waals surface area contributed by atoms with Gasteiger partial charge < -0.3 is 25.0 Å². The van der Waals surface area contributed by atoms with Gasteiger partial charge in [-0.15, -0.1) is 0 Å². The number of amides is 3. The number of hydrogen-bond acceptors (Lipinski definition) is 6. The van der Waals surface area contributed by atoms with Crippen LogP contribution >= 0.6 is 0 Å². The quantitative estimate of drug-likeness (QED) is 0.452. The zero-order valence-electron chi connectivity index (χ0n) is 23.4. The van der Waals surface area contributed by atoms with E-state index in [1.807, 2.05) is 38.1 Å². The maximum absolute atomic E-state index is 13.9. The van der Waals surface area contributed by atoms with Gasteiger partial charge in [-0.3, -0.25) is 9.59 Å². The smallest absolute Gasteiger partial charge is 0.408 e. The van der Waals surface area contributed by atoms with Crippen molar-refractivity contribution in [3.8, 4) is 11.8 Å². The molecule has 2 unspecified atom stereocenters. The Hall–Kier alpha value is -4.06. The number of anilines is 1. The Morgan fingerprint density at radius 3 is 2.21 bits per heavy atom. The van der Waals surface area contributed by atoms with E-state index in [4.69, 9.17) is 9.47 Å². The van der Waals surface area contributed by atoms with E-state index in [1.165, 1.54) is 4.90 Å². The summed E-state index contributed by atoms with van der Waals surface area (Å²) in [6, 6.07) is 12.3. The van der Waals surface area contributed by atoms with Crippen LogP contribution in [0.25, 0.3) is 0 Å². The minimum atomic E-state index is -1.13. The Kier molecular flexibility index (Phi) is 10.3. The molecule has 204 valence electrons. The van der Waals surface area contributed by atoms with Crippen LogP contribution in [0.3, 0.4) is 0 Å². The molecule has 2 atom stereocenters. The lowest BCUT2D eigenvalue weighted by Crippen LogP contribution is -2.54. The summed E-state index contributed by atoms with van der Waals surface area (Å²) in [5.74, 6) is -0.779. The van der Waals surface area contributed by atoms with Gasteiger partial charge >= 0.3 is 6.09 Å². The molecule has 0 bridgehead atoms. The summed E-state index contributed by atoms with van der Waals surface area (Å²) in [4.78, 5) is 41.5. The lowest BCUT2D eigenvalue weighted by atomic mass is 9.95. The first-order chi connectivity index (χ1) is 17.8. The second kappa shape index (κ2) is 13.0. The summed E-state index contributed by atoms with van der Waals surface area (Å²) in [7, 11) is 1.55. The lowest BCUT2D eigenvalue weighted by Gasteiger charge is -2.34. The highest BCUT2D eigenvalue weighted by Gasteiger charge is 2.38. The molecule has 0 aromatic heterocycles. The molecule has 2 N–H and O–H groups in total. The van der Waals surface area contributed by atoms with Gasteiger partial charge in [-0.05, 0) is 75.9 Å². The Labute approximate surface area is 225 Å². The summed E-state index contributed by atoms with van der Waals surface area (Å²) in [6.45, 7) is 12.1. The molecule has 2 rings (SSSR count). The van der Waals surface area contributed by atoms with Gasteiger partial charge in [0.1, 0.15) is 30.0 Å². The molecule has 0 spiro atoms. The number of nitrogens with one attached hydrogen (secondary N) is 2. The number of hydrogen-bond donors (Lipinski definition) is 2. The van der Waals surface area contributed by atoms with Crippen molar-refractivity contribution in [3.05, 3.63) is 59.2 Å². The molecule has 0 aliphatic carbocycles. The number of benzene rings is 2. The van der Waals surface area contributed by atoms with E-state index in [1.54, 1.807) is 66.0 Å². The third-order valence-corrected chi connectivity index (χ3v) is 5.78. The average molecular weight is 523 g/mol. The topological polar surface area (TPSA) is 121 Å². The van der Waals surface area contributed by atoms with Crippen molar-refractivity contribution in [2.45, 2.75) is 66.2 Å². The Morgan fingerprint density at radius 1 is 1.05 bits per heavy atom. The average Bonchev–Trinajstić information content (AvgIpc) is 2.83. The van der Waals surface area contributed by atoms with E-state index in [-0.39, 0.29) is 12.5 Å². The van der Waals surface area contributed by atoms with Gasteiger partial charge in [0.15, 0.2) is 0 Å². The number of nitriles is 1. The van der Waals surface area contributed by atoms with Gasteiger partial charge in [0.05, 0.1) is 13.2 Å². The normalized spacial score (nSPS) is 12.6. The zero-order chi connectivity index (χ0) is 28.6.